The van der Waals surface area contributed by atoms with E-state index < -0.39 is 6.10 Å². The molecule has 1 N–H and O–H groups in total. The Labute approximate surface area is 175 Å². The van der Waals surface area contributed by atoms with Gasteiger partial charge in [-0.1, -0.05) is 54.2 Å². The maximum absolute atomic E-state index is 10.8. The molecule has 146 valence electrons. The van der Waals surface area contributed by atoms with Crippen LogP contribution in [0, 0.1) is 0 Å². The van der Waals surface area contributed by atoms with Gasteiger partial charge >= 0.3 is 0 Å². The lowest BCUT2D eigenvalue weighted by Gasteiger charge is -2.13. The van der Waals surface area contributed by atoms with E-state index in [9.17, 15) is 5.11 Å². The van der Waals surface area contributed by atoms with Gasteiger partial charge in [-0.15, -0.1) is 16.4 Å². The lowest BCUT2D eigenvalue weighted by molar-refractivity contribution is 0.181. The Morgan fingerprint density at radius 3 is 2.38 bits per heavy atom. The predicted molar refractivity (Wildman–Crippen MR) is 117 cm³/mol. The highest BCUT2D eigenvalue weighted by molar-refractivity contribution is 7.99. The average molecular weight is 422 g/mol. The van der Waals surface area contributed by atoms with Crippen LogP contribution in [0.15, 0.2) is 71.2 Å². The van der Waals surface area contributed by atoms with E-state index in [1.807, 2.05) is 23.6 Å². The lowest BCUT2D eigenvalue weighted by Crippen LogP contribution is -2.18. The zero-order valence-electron chi connectivity index (χ0n) is 15.5. The van der Waals surface area contributed by atoms with E-state index >= 15 is 0 Å². The number of tetrazole rings is 1. The first-order valence-corrected chi connectivity index (χ1v) is 11.2. The van der Waals surface area contributed by atoms with Crippen molar-refractivity contribution < 1.29 is 5.11 Å². The molecule has 0 spiro atoms. The van der Waals surface area contributed by atoms with E-state index in [0.717, 1.165) is 16.2 Å². The van der Waals surface area contributed by atoms with Crippen LogP contribution in [0.2, 0.25) is 0 Å². The minimum atomic E-state index is -0.522. The molecule has 1 atom stereocenters. The Hall–Kier alpha value is -2.68. The second-order valence-corrected chi connectivity index (χ2v) is 8.83. The maximum atomic E-state index is 10.8. The van der Waals surface area contributed by atoms with Crippen LogP contribution in [0.1, 0.15) is 4.88 Å². The van der Waals surface area contributed by atoms with Gasteiger partial charge in [0.05, 0.1) is 19.2 Å². The number of aromatic nitrogens is 5. The molecule has 0 aliphatic carbocycles. The quantitative estimate of drug-likeness (QED) is 0.402. The van der Waals surface area contributed by atoms with E-state index in [4.69, 9.17) is 0 Å². The monoisotopic (exact) mass is 421 g/mol. The molecular weight excluding hydrogens is 402 g/mol. The van der Waals surface area contributed by atoms with Gasteiger partial charge < -0.3 is 9.67 Å². The first kappa shape index (κ1) is 18.4. The fraction of sp³-hybridized carbons (Fsp3) is 0.190. The summed E-state index contributed by atoms with van der Waals surface area (Å²) in [5.41, 5.74) is 2.28. The largest absolute Gasteiger partial charge is 0.390 e. The summed E-state index contributed by atoms with van der Waals surface area (Å²) in [5, 5.41) is 28.0. The molecule has 0 unspecified atom stereocenters. The molecule has 6 nitrogen and oxygen atoms in total. The standard InChI is InChI=1S/C21H19N5OS2/c27-15(14-29-21-22-23-24-26(21)13-16-6-5-11-28-16)12-25-19-9-3-1-7-17(19)18-8-2-4-10-20(18)25/h1-11,15,27H,12-14H2/t15-/m0/s1. The van der Waals surface area contributed by atoms with Crippen molar-refractivity contribution in [1.29, 1.82) is 0 Å². The molecule has 0 aliphatic rings. The van der Waals surface area contributed by atoms with Crippen molar-refractivity contribution in [2.24, 2.45) is 0 Å². The Morgan fingerprint density at radius 1 is 0.966 bits per heavy atom. The average Bonchev–Trinajstić information content (AvgIpc) is 3.48. The first-order chi connectivity index (χ1) is 14.3. The third kappa shape index (κ3) is 3.66. The van der Waals surface area contributed by atoms with Gasteiger partial charge in [0.1, 0.15) is 0 Å². The van der Waals surface area contributed by atoms with Crippen LogP contribution < -0.4 is 0 Å². The number of aliphatic hydroxyl groups is 1. The van der Waals surface area contributed by atoms with Gasteiger partial charge in [-0.2, -0.15) is 0 Å². The molecule has 0 saturated carbocycles. The molecule has 0 amide bonds. The Balaban J connectivity index is 1.33. The molecule has 29 heavy (non-hydrogen) atoms. The Morgan fingerprint density at radius 2 is 1.69 bits per heavy atom. The molecule has 0 radical (unpaired) electrons. The van der Waals surface area contributed by atoms with E-state index in [2.05, 4.69) is 62.6 Å². The Kier molecular flexibility index (Phi) is 5.05. The van der Waals surface area contributed by atoms with Gasteiger partial charge in [0.2, 0.25) is 5.16 Å². The summed E-state index contributed by atoms with van der Waals surface area (Å²) in [6.45, 7) is 1.17. The van der Waals surface area contributed by atoms with Crippen LogP contribution in [0.3, 0.4) is 0 Å². The summed E-state index contributed by atoms with van der Waals surface area (Å²) < 4.78 is 3.98. The van der Waals surface area contributed by atoms with Crippen LogP contribution in [-0.2, 0) is 13.1 Å². The van der Waals surface area contributed by atoms with Gasteiger partial charge in [0.25, 0.3) is 0 Å². The molecule has 8 heteroatoms. The first-order valence-electron chi connectivity index (χ1n) is 9.35. The van der Waals surface area contributed by atoms with Crippen LogP contribution >= 0.6 is 23.1 Å². The van der Waals surface area contributed by atoms with Crippen molar-refractivity contribution in [1.82, 2.24) is 24.8 Å². The summed E-state index contributed by atoms with van der Waals surface area (Å²) in [7, 11) is 0. The molecular formula is C21H19N5OS2. The summed E-state index contributed by atoms with van der Waals surface area (Å²) >= 11 is 3.17. The normalized spacial score (nSPS) is 12.7. The fourth-order valence-electron chi connectivity index (χ4n) is 3.58. The van der Waals surface area contributed by atoms with Crippen molar-refractivity contribution in [2.45, 2.75) is 24.3 Å². The summed E-state index contributed by atoms with van der Waals surface area (Å²) in [6, 6.07) is 20.8. The van der Waals surface area contributed by atoms with Gasteiger partial charge in [-0.05, 0) is 34.0 Å². The maximum Gasteiger partial charge on any atom is 0.209 e. The van der Waals surface area contributed by atoms with Crippen molar-refractivity contribution in [3.8, 4) is 0 Å². The second kappa shape index (κ2) is 7.98. The molecule has 0 aliphatic heterocycles. The highest BCUT2D eigenvalue weighted by Gasteiger charge is 2.15. The fourth-order valence-corrected chi connectivity index (χ4v) is 5.06. The van der Waals surface area contributed by atoms with Crippen LogP contribution in [0.5, 0.6) is 0 Å². The number of nitrogens with zero attached hydrogens (tertiary/aromatic N) is 5. The highest BCUT2D eigenvalue weighted by Crippen LogP contribution is 2.29. The van der Waals surface area contributed by atoms with Crippen molar-refractivity contribution >= 4 is 44.9 Å². The number of aliphatic hydroxyl groups excluding tert-OH is 1. The predicted octanol–water partition coefficient (Wildman–Crippen LogP) is 4.04. The molecule has 0 saturated heterocycles. The SMILES string of the molecule is O[C@H](CSc1nnnn1Cc1cccs1)Cn1c2ccccc2c2ccccc21. The third-order valence-electron chi connectivity index (χ3n) is 4.86. The van der Waals surface area contributed by atoms with Crippen molar-refractivity contribution in [3.05, 3.63) is 70.9 Å². The molecule has 3 aromatic heterocycles. The lowest BCUT2D eigenvalue weighted by atomic mass is 10.2. The summed E-state index contributed by atoms with van der Waals surface area (Å²) in [6.07, 6.45) is -0.522. The zero-order chi connectivity index (χ0) is 19.6. The van der Waals surface area contributed by atoms with Gasteiger partial charge in [-0.3, -0.25) is 0 Å². The van der Waals surface area contributed by atoms with Crippen LogP contribution in [-0.4, -0.2) is 41.7 Å². The molecule has 3 heterocycles. The van der Waals surface area contributed by atoms with E-state index in [-0.39, 0.29) is 0 Å². The number of fused-ring (bicyclic) bond motifs is 3. The minimum absolute atomic E-state index is 0.519. The molecule has 2 aromatic carbocycles. The number of para-hydroxylation sites is 2. The highest BCUT2D eigenvalue weighted by atomic mass is 32.2. The van der Waals surface area contributed by atoms with Crippen LogP contribution in [0.4, 0.5) is 0 Å². The van der Waals surface area contributed by atoms with E-state index in [1.54, 1.807) is 16.0 Å². The topological polar surface area (TPSA) is 68.8 Å². The number of benzene rings is 2. The second-order valence-electron chi connectivity index (χ2n) is 6.81. The molecule has 0 bridgehead atoms. The number of hydrogen-bond acceptors (Lipinski definition) is 6. The molecule has 0 fully saturated rings. The summed E-state index contributed by atoms with van der Waals surface area (Å²) in [4.78, 5) is 1.20. The minimum Gasteiger partial charge on any atom is -0.390 e. The van der Waals surface area contributed by atoms with Gasteiger partial charge in [0, 0.05) is 32.4 Å². The Bertz CT molecular complexity index is 1190. The summed E-state index contributed by atoms with van der Waals surface area (Å²) in [5.74, 6) is 0.519. The number of thiophene rings is 1. The van der Waals surface area contributed by atoms with Crippen molar-refractivity contribution in [2.75, 3.05) is 5.75 Å². The smallest absolute Gasteiger partial charge is 0.209 e. The number of thioether (sulfide) groups is 1. The van der Waals surface area contributed by atoms with Crippen LogP contribution in [0.25, 0.3) is 21.8 Å². The van der Waals surface area contributed by atoms with E-state index in [0.29, 0.717) is 18.8 Å². The van der Waals surface area contributed by atoms with Gasteiger partial charge in [0.15, 0.2) is 0 Å². The van der Waals surface area contributed by atoms with Crippen molar-refractivity contribution in [3.63, 3.8) is 0 Å². The number of rotatable bonds is 7. The van der Waals surface area contributed by atoms with E-state index in [1.165, 1.54) is 27.4 Å². The third-order valence-corrected chi connectivity index (χ3v) is 6.83. The van der Waals surface area contributed by atoms with Gasteiger partial charge in [-0.25, -0.2) is 4.68 Å². The molecule has 5 aromatic rings. The number of hydrogen-bond donors (Lipinski definition) is 1. The molecule has 5 rings (SSSR count). The zero-order valence-corrected chi connectivity index (χ0v) is 17.2.